The maximum absolute atomic E-state index is 13.6. The van der Waals surface area contributed by atoms with Gasteiger partial charge in [0.1, 0.15) is 11.8 Å². The molecule has 4 N–H and O–H groups in total. The Morgan fingerprint density at radius 3 is 2.44 bits per heavy atom. The zero-order valence-electron chi connectivity index (χ0n) is 23.7. The molecule has 1 aliphatic rings. The van der Waals surface area contributed by atoms with Crippen LogP contribution in [0.5, 0.6) is 0 Å². The molecule has 212 valence electrons. The largest absolute Gasteiger partial charge is 0.512 e. The Hall–Kier alpha value is -3.24. The van der Waals surface area contributed by atoms with E-state index in [4.69, 9.17) is 0 Å². The minimum atomic E-state index is -0.737. The number of rotatable bonds is 11. The Morgan fingerprint density at radius 2 is 1.87 bits per heavy atom. The van der Waals surface area contributed by atoms with Crippen LogP contribution in [0, 0.1) is 18.8 Å². The van der Waals surface area contributed by atoms with E-state index in [1.165, 1.54) is 0 Å². The van der Waals surface area contributed by atoms with Crippen molar-refractivity contribution in [1.29, 1.82) is 0 Å². The van der Waals surface area contributed by atoms with Gasteiger partial charge in [-0.25, -0.2) is 4.98 Å². The van der Waals surface area contributed by atoms with Gasteiger partial charge in [0.15, 0.2) is 0 Å². The summed E-state index contributed by atoms with van der Waals surface area (Å²) in [4.78, 5) is 46.5. The number of likely N-dealkylation sites (tertiary alicyclic amines) is 1. The fraction of sp³-hybridized carbons (Fsp3) is 0.517. The first kappa shape index (κ1) is 30.3. The van der Waals surface area contributed by atoms with E-state index in [0.717, 1.165) is 21.7 Å². The van der Waals surface area contributed by atoms with Crippen molar-refractivity contribution >= 4 is 29.1 Å². The first-order chi connectivity index (χ1) is 18.6. The molecule has 0 radical (unpaired) electrons. The van der Waals surface area contributed by atoms with Crippen molar-refractivity contribution in [3.8, 4) is 10.4 Å². The van der Waals surface area contributed by atoms with E-state index < -0.39 is 18.0 Å². The third kappa shape index (κ3) is 7.45. The van der Waals surface area contributed by atoms with E-state index in [1.54, 1.807) is 36.4 Å². The molecule has 1 aliphatic heterocycles. The average molecular weight is 556 g/mol. The number of hydrogen-bond acceptors (Lipinski definition) is 7. The molecular weight excluding hydrogens is 514 g/mol. The average Bonchev–Trinajstić information content (AvgIpc) is 3.57. The molecule has 0 saturated carbocycles. The van der Waals surface area contributed by atoms with Gasteiger partial charge >= 0.3 is 0 Å². The number of carbonyl (C=O) groups is 3. The summed E-state index contributed by atoms with van der Waals surface area (Å²) in [5, 5.41) is 19.5. The summed E-state index contributed by atoms with van der Waals surface area (Å²) in [5.74, 6) is -1.63. The second kappa shape index (κ2) is 13.7. The van der Waals surface area contributed by atoms with E-state index in [9.17, 15) is 19.5 Å². The van der Waals surface area contributed by atoms with Gasteiger partial charge in [0.05, 0.1) is 34.5 Å². The maximum Gasteiger partial charge on any atom is 0.243 e. The van der Waals surface area contributed by atoms with Crippen LogP contribution in [0.3, 0.4) is 0 Å². The molecule has 4 atom stereocenters. The molecular formula is C29H41N5O4S. The SMILES string of the molecule is CNC(=O)CC(NC(=O)C1CCCN1C(=O)C(/C(O)=C/C(C)NC)C(C)C)c1ccc(-c2scnc2C)cc1. The highest BCUT2D eigenvalue weighted by atomic mass is 32.1. The summed E-state index contributed by atoms with van der Waals surface area (Å²) in [5.41, 5.74) is 4.59. The number of aliphatic hydroxyl groups is 1. The predicted molar refractivity (Wildman–Crippen MR) is 154 cm³/mol. The van der Waals surface area contributed by atoms with Crippen molar-refractivity contribution in [2.24, 2.45) is 11.8 Å². The first-order valence-electron chi connectivity index (χ1n) is 13.5. The number of benzene rings is 1. The molecule has 10 heteroatoms. The standard InChI is InChI=1S/C29H41N5O4S/c1-17(2)26(24(35)14-18(3)30-5)29(38)34-13-7-8-23(34)28(37)33-22(15-25(36)31-6)20-9-11-21(12-10-20)27-19(4)32-16-39-27/h9-12,14,16-18,22-23,26,30,35H,7-8,13,15H2,1-6H3,(H,31,36)(H,33,37)/b24-14-. The lowest BCUT2D eigenvalue weighted by Gasteiger charge is -2.31. The van der Waals surface area contributed by atoms with Gasteiger partial charge in [-0.05, 0) is 56.9 Å². The van der Waals surface area contributed by atoms with Gasteiger partial charge in [-0.3, -0.25) is 14.4 Å². The monoisotopic (exact) mass is 555 g/mol. The fourth-order valence-corrected chi connectivity index (χ4v) is 5.74. The molecule has 2 aromatic rings. The molecule has 1 aromatic carbocycles. The second-order valence-corrected chi connectivity index (χ2v) is 11.3. The number of aryl methyl sites for hydroxylation is 1. The minimum Gasteiger partial charge on any atom is -0.512 e. The summed E-state index contributed by atoms with van der Waals surface area (Å²) in [7, 11) is 3.35. The summed E-state index contributed by atoms with van der Waals surface area (Å²) in [6, 6.07) is 6.45. The van der Waals surface area contributed by atoms with Crippen LogP contribution in [-0.4, -0.2) is 65.4 Å². The third-order valence-corrected chi connectivity index (χ3v) is 8.25. The van der Waals surface area contributed by atoms with Gasteiger partial charge in [-0.2, -0.15) is 0 Å². The van der Waals surface area contributed by atoms with Crippen LogP contribution < -0.4 is 16.0 Å². The van der Waals surface area contributed by atoms with Crippen LogP contribution in [0.2, 0.25) is 0 Å². The molecule has 0 spiro atoms. The lowest BCUT2D eigenvalue weighted by molar-refractivity contribution is -0.142. The van der Waals surface area contributed by atoms with Crippen molar-refractivity contribution in [3.05, 3.63) is 52.9 Å². The van der Waals surface area contributed by atoms with Crippen LogP contribution in [0.4, 0.5) is 0 Å². The Bertz CT molecular complexity index is 1180. The van der Waals surface area contributed by atoms with Crippen LogP contribution in [0.25, 0.3) is 10.4 Å². The maximum atomic E-state index is 13.6. The summed E-state index contributed by atoms with van der Waals surface area (Å²) < 4.78 is 0. The van der Waals surface area contributed by atoms with Crippen molar-refractivity contribution < 1.29 is 19.5 Å². The molecule has 1 saturated heterocycles. The molecule has 4 unspecified atom stereocenters. The van der Waals surface area contributed by atoms with Crippen molar-refractivity contribution in [2.45, 2.75) is 65.1 Å². The van der Waals surface area contributed by atoms with Crippen LogP contribution in [0.1, 0.15) is 57.3 Å². The molecule has 3 amide bonds. The lowest BCUT2D eigenvalue weighted by atomic mass is 9.91. The smallest absolute Gasteiger partial charge is 0.243 e. The number of nitrogens with zero attached hydrogens (tertiary/aromatic N) is 2. The quantitative estimate of drug-likeness (QED) is 0.313. The van der Waals surface area contributed by atoms with Gasteiger partial charge in [-0.15, -0.1) is 11.3 Å². The predicted octanol–water partition coefficient (Wildman–Crippen LogP) is 3.72. The van der Waals surface area contributed by atoms with Gasteiger partial charge in [0.2, 0.25) is 17.7 Å². The summed E-state index contributed by atoms with van der Waals surface area (Å²) >= 11 is 1.56. The van der Waals surface area contributed by atoms with Crippen molar-refractivity contribution in [3.63, 3.8) is 0 Å². The lowest BCUT2D eigenvalue weighted by Crippen LogP contribution is -2.50. The van der Waals surface area contributed by atoms with Gasteiger partial charge < -0.3 is 26.0 Å². The number of amides is 3. The number of aliphatic hydroxyl groups excluding tert-OH is 1. The molecule has 1 aromatic heterocycles. The van der Waals surface area contributed by atoms with Crippen LogP contribution in [-0.2, 0) is 14.4 Å². The Kier molecular flexibility index (Phi) is 10.7. The van der Waals surface area contributed by atoms with E-state index in [2.05, 4.69) is 20.9 Å². The number of thiazole rings is 1. The van der Waals surface area contributed by atoms with Crippen LogP contribution in [0.15, 0.2) is 41.6 Å². The number of likely N-dealkylation sites (N-methyl/N-ethyl adjacent to an activating group) is 1. The normalized spacial score (nSPS) is 18.1. The van der Waals surface area contributed by atoms with E-state index in [-0.39, 0.29) is 41.9 Å². The molecule has 9 nitrogen and oxygen atoms in total. The highest BCUT2D eigenvalue weighted by Gasteiger charge is 2.40. The molecule has 0 bridgehead atoms. The first-order valence-corrected chi connectivity index (χ1v) is 14.3. The molecule has 1 fully saturated rings. The number of nitrogens with one attached hydrogen (secondary N) is 3. The number of aromatic nitrogens is 1. The molecule has 2 heterocycles. The third-order valence-electron chi connectivity index (χ3n) is 7.27. The van der Waals surface area contributed by atoms with Gasteiger partial charge in [0.25, 0.3) is 0 Å². The summed E-state index contributed by atoms with van der Waals surface area (Å²) in [6.07, 6.45) is 2.93. The van der Waals surface area contributed by atoms with Crippen molar-refractivity contribution in [1.82, 2.24) is 25.8 Å². The Morgan fingerprint density at radius 1 is 1.18 bits per heavy atom. The Balaban J connectivity index is 1.81. The zero-order chi connectivity index (χ0) is 28.7. The molecule has 3 rings (SSSR count). The number of carbonyl (C=O) groups excluding carboxylic acids is 3. The van der Waals surface area contributed by atoms with E-state index >= 15 is 0 Å². The van der Waals surface area contributed by atoms with E-state index in [1.807, 2.05) is 57.5 Å². The number of hydrogen-bond donors (Lipinski definition) is 4. The fourth-order valence-electron chi connectivity index (χ4n) is 4.93. The topological polar surface area (TPSA) is 124 Å². The van der Waals surface area contributed by atoms with Gasteiger partial charge in [0, 0.05) is 19.6 Å². The minimum absolute atomic E-state index is 0.0108. The Labute approximate surface area is 235 Å². The highest BCUT2D eigenvalue weighted by Crippen LogP contribution is 2.30. The van der Waals surface area contributed by atoms with Crippen LogP contribution >= 0.6 is 11.3 Å². The zero-order valence-corrected chi connectivity index (χ0v) is 24.5. The van der Waals surface area contributed by atoms with E-state index in [0.29, 0.717) is 19.4 Å². The second-order valence-electron chi connectivity index (χ2n) is 10.4. The highest BCUT2D eigenvalue weighted by molar-refractivity contribution is 7.13. The molecule has 39 heavy (non-hydrogen) atoms. The summed E-state index contributed by atoms with van der Waals surface area (Å²) in [6.45, 7) is 8.07. The van der Waals surface area contributed by atoms with Crippen molar-refractivity contribution in [2.75, 3.05) is 20.6 Å². The van der Waals surface area contributed by atoms with Gasteiger partial charge in [-0.1, -0.05) is 38.1 Å². The molecule has 0 aliphatic carbocycles.